The number of hydrogen-bond acceptors (Lipinski definition) is 4. The second-order valence-corrected chi connectivity index (χ2v) is 8.08. The number of carbonyl (C=O) groups is 1. The Morgan fingerprint density at radius 2 is 1.88 bits per heavy atom. The Balaban J connectivity index is 2.84. The van der Waals surface area contributed by atoms with Crippen LogP contribution in [-0.2, 0) is 14.8 Å². The summed E-state index contributed by atoms with van der Waals surface area (Å²) in [6.07, 6.45) is 0. The molecule has 0 aromatic heterocycles. The quantitative estimate of drug-likeness (QED) is 0.774. The van der Waals surface area contributed by atoms with Crippen molar-refractivity contribution in [2.75, 3.05) is 26.7 Å². The molecule has 1 N–H and O–H groups in total. The topological polar surface area (TPSA) is 75.7 Å². The summed E-state index contributed by atoms with van der Waals surface area (Å²) in [6, 6.07) is 3.32. The molecule has 24 heavy (non-hydrogen) atoms. The maximum absolute atomic E-state index is 12.5. The predicted octanol–water partition coefficient (Wildman–Crippen LogP) is 2.09. The standard InChI is InChI=1S/C17H28N2O4S/c1-12(2)11-19(15(5)20)8-7-18-24(21,22)17-10-13(3)16(23-6)9-14(17)4/h9-10,12,18H,7-8,11H2,1-6H3. The molecule has 0 saturated heterocycles. The molecular formula is C17H28N2O4S. The average Bonchev–Trinajstić information content (AvgIpc) is 2.47. The normalized spacial score (nSPS) is 11.6. The van der Waals surface area contributed by atoms with Crippen molar-refractivity contribution in [3.63, 3.8) is 0 Å². The zero-order valence-electron chi connectivity index (χ0n) is 15.3. The third kappa shape index (κ3) is 5.49. The number of carbonyl (C=O) groups excluding carboxylic acids is 1. The number of hydrogen-bond donors (Lipinski definition) is 1. The number of methoxy groups -OCH3 is 1. The number of nitrogens with one attached hydrogen (secondary N) is 1. The molecule has 0 saturated carbocycles. The molecular weight excluding hydrogens is 328 g/mol. The largest absolute Gasteiger partial charge is 0.496 e. The molecule has 1 aromatic carbocycles. The van der Waals surface area contributed by atoms with Crippen LogP contribution in [-0.4, -0.2) is 46.0 Å². The lowest BCUT2D eigenvalue weighted by Gasteiger charge is -2.23. The van der Waals surface area contributed by atoms with Gasteiger partial charge in [-0.05, 0) is 43.0 Å². The molecule has 1 amide bonds. The van der Waals surface area contributed by atoms with Gasteiger partial charge in [-0.3, -0.25) is 4.79 Å². The Hall–Kier alpha value is -1.60. The van der Waals surface area contributed by atoms with Crippen LogP contribution in [0.4, 0.5) is 0 Å². The lowest BCUT2D eigenvalue weighted by atomic mass is 10.1. The van der Waals surface area contributed by atoms with Crippen LogP contribution in [0.1, 0.15) is 31.9 Å². The molecule has 136 valence electrons. The maximum Gasteiger partial charge on any atom is 0.240 e. The van der Waals surface area contributed by atoms with Crippen LogP contribution >= 0.6 is 0 Å². The van der Waals surface area contributed by atoms with Gasteiger partial charge < -0.3 is 9.64 Å². The second-order valence-electron chi connectivity index (χ2n) is 6.34. The third-order valence-corrected chi connectivity index (χ3v) is 5.29. The molecule has 1 rings (SSSR count). The Morgan fingerprint density at radius 3 is 2.38 bits per heavy atom. The number of sulfonamides is 1. The van der Waals surface area contributed by atoms with Gasteiger partial charge in [0.05, 0.1) is 12.0 Å². The van der Waals surface area contributed by atoms with Crippen molar-refractivity contribution in [1.82, 2.24) is 9.62 Å². The summed E-state index contributed by atoms with van der Waals surface area (Å²) in [5.74, 6) is 0.933. The van der Waals surface area contributed by atoms with Gasteiger partial charge >= 0.3 is 0 Å². The lowest BCUT2D eigenvalue weighted by molar-refractivity contribution is -0.129. The molecule has 0 aliphatic carbocycles. The minimum Gasteiger partial charge on any atom is -0.496 e. The van der Waals surface area contributed by atoms with E-state index < -0.39 is 10.0 Å². The SMILES string of the molecule is COc1cc(C)c(S(=O)(=O)NCCN(CC(C)C)C(C)=O)cc1C. The minimum atomic E-state index is -3.63. The van der Waals surface area contributed by atoms with E-state index in [0.29, 0.717) is 30.3 Å². The molecule has 0 bridgehead atoms. The van der Waals surface area contributed by atoms with Crippen molar-refractivity contribution in [2.45, 2.75) is 39.5 Å². The molecule has 0 aliphatic heterocycles. The molecule has 0 aliphatic rings. The van der Waals surface area contributed by atoms with Gasteiger partial charge in [-0.1, -0.05) is 13.8 Å². The van der Waals surface area contributed by atoms with E-state index in [1.165, 1.54) is 6.92 Å². The van der Waals surface area contributed by atoms with E-state index in [-0.39, 0.29) is 17.3 Å². The highest BCUT2D eigenvalue weighted by Gasteiger charge is 2.19. The molecule has 0 atom stereocenters. The van der Waals surface area contributed by atoms with E-state index >= 15 is 0 Å². The van der Waals surface area contributed by atoms with Crippen molar-refractivity contribution >= 4 is 15.9 Å². The summed E-state index contributed by atoms with van der Waals surface area (Å²) in [7, 11) is -2.08. The predicted molar refractivity (Wildman–Crippen MR) is 94.7 cm³/mol. The second kappa shape index (κ2) is 8.48. The number of ether oxygens (including phenoxy) is 1. The fraction of sp³-hybridized carbons (Fsp3) is 0.588. The Morgan fingerprint density at radius 1 is 1.25 bits per heavy atom. The maximum atomic E-state index is 12.5. The van der Waals surface area contributed by atoms with Crippen LogP contribution in [0.3, 0.4) is 0 Å². The fourth-order valence-electron chi connectivity index (χ4n) is 2.48. The van der Waals surface area contributed by atoms with Gasteiger partial charge in [0.2, 0.25) is 15.9 Å². The number of aryl methyl sites for hydroxylation is 2. The number of rotatable bonds is 8. The van der Waals surface area contributed by atoms with Crippen molar-refractivity contribution in [2.24, 2.45) is 5.92 Å². The average molecular weight is 356 g/mol. The molecule has 1 aromatic rings. The highest BCUT2D eigenvalue weighted by Crippen LogP contribution is 2.25. The summed E-state index contributed by atoms with van der Waals surface area (Å²) in [5.41, 5.74) is 1.38. The highest BCUT2D eigenvalue weighted by atomic mass is 32.2. The molecule has 7 heteroatoms. The van der Waals surface area contributed by atoms with Gasteiger partial charge in [0.15, 0.2) is 0 Å². The third-order valence-electron chi connectivity index (χ3n) is 3.69. The molecule has 0 radical (unpaired) electrons. The number of benzene rings is 1. The first-order valence-electron chi connectivity index (χ1n) is 7.99. The van der Waals surface area contributed by atoms with Crippen LogP contribution in [0, 0.1) is 19.8 Å². The Bertz CT molecular complexity index is 684. The number of nitrogens with zero attached hydrogens (tertiary/aromatic N) is 1. The van der Waals surface area contributed by atoms with Gasteiger partial charge in [0, 0.05) is 26.6 Å². The van der Waals surface area contributed by atoms with Crippen molar-refractivity contribution < 1.29 is 17.9 Å². The fourth-order valence-corrected chi connectivity index (χ4v) is 3.81. The van der Waals surface area contributed by atoms with E-state index in [0.717, 1.165) is 5.56 Å². The van der Waals surface area contributed by atoms with Gasteiger partial charge in [-0.2, -0.15) is 0 Å². The van der Waals surface area contributed by atoms with Crippen molar-refractivity contribution in [1.29, 1.82) is 0 Å². The highest BCUT2D eigenvalue weighted by molar-refractivity contribution is 7.89. The lowest BCUT2D eigenvalue weighted by Crippen LogP contribution is -2.39. The van der Waals surface area contributed by atoms with E-state index in [1.807, 2.05) is 13.8 Å². The van der Waals surface area contributed by atoms with Crippen LogP contribution in [0.15, 0.2) is 17.0 Å². The first-order valence-corrected chi connectivity index (χ1v) is 9.47. The van der Waals surface area contributed by atoms with Crippen LogP contribution in [0.2, 0.25) is 0 Å². The van der Waals surface area contributed by atoms with E-state index in [1.54, 1.807) is 38.0 Å². The van der Waals surface area contributed by atoms with Crippen LogP contribution in [0.25, 0.3) is 0 Å². The van der Waals surface area contributed by atoms with E-state index in [9.17, 15) is 13.2 Å². The smallest absolute Gasteiger partial charge is 0.240 e. The zero-order chi connectivity index (χ0) is 18.5. The monoisotopic (exact) mass is 356 g/mol. The summed E-state index contributed by atoms with van der Waals surface area (Å²) in [4.78, 5) is 13.5. The summed E-state index contributed by atoms with van der Waals surface area (Å²) >= 11 is 0. The molecule has 6 nitrogen and oxygen atoms in total. The molecule has 0 heterocycles. The summed E-state index contributed by atoms with van der Waals surface area (Å²) < 4.78 is 32.8. The van der Waals surface area contributed by atoms with Crippen LogP contribution in [0.5, 0.6) is 5.75 Å². The van der Waals surface area contributed by atoms with E-state index in [2.05, 4.69) is 4.72 Å². The summed E-state index contributed by atoms with van der Waals surface area (Å²) in [5, 5.41) is 0. The Labute approximate surface area is 145 Å². The minimum absolute atomic E-state index is 0.0561. The first kappa shape index (κ1) is 20.4. The van der Waals surface area contributed by atoms with Gasteiger partial charge in [0.25, 0.3) is 0 Å². The molecule has 0 unspecified atom stereocenters. The zero-order valence-corrected chi connectivity index (χ0v) is 16.2. The molecule has 0 fully saturated rings. The van der Waals surface area contributed by atoms with Gasteiger partial charge in [-0.25, -0.2) is 13.1 Å². The van der Waals surface area contributed by atoms with Crippen molar-refractivity contribution in [3.8, 4) is 5.75 Å². The Kier molecular flexibility index (Phi) is 7.23. The summed E-state index contributed by atoms with van der Waals surface area (Å²) in [6.45, 7) is 10.2. The van der Waals surface area contributed by atoms with Crippen LogP contribution < -0.4 is 9.46 Å². The first-order chi connectivity index (χ1) is 11.1. The number of amides is 1. The molecule has 0 spiro atoms. The van der Waals surface area contributed by atoms with E-state index in [4.69, 9.17) is 4.74 Å². The van der Waals surface area contributed by atoms with Gasteiger partial charge in [0.1, 0.15) is 5.75 Å². The van der Waals surface area contributed by atoms with Crippen molar-refractivity contribution in [3.05, 3.63) is 23.3 Å². The van der Waals surface area contributed by atoms with Gasteiger partial charge in [-0.15, -0.1) is 0 Å².